The van der Waals surface area contributed by atoms with Crippen LogP contribution in [0.1, 0.15) is 37.4 Å². The number of aromatic nitrogens is 1. The van der Waals surface area contributed by atoms with Crippen molar-refractivity contribution in [3.05, 3.63) is 34.8 Å². The fraction of sp³-hybridized carbons (Fsp3) is 0.438. The Morgan fingerprint density at radius 2 is 1.85 bits per heavy atom. The molecule has 108 valence electrons. The Bertz CT molecular complexity index is 558. The van der Waals surface area contributed by atoms with Crippen LogP contribution in [0.2, 0.25) is 0 Å². The van der Waals surface area contributed by atoms with E-state index in [4.69, 9.17) is 10.5 Å². The highest BCUT2D eigenvalue weighted by Crippen LogP contribution is 2.31. The molecule has 0 aliphatic heterocycles. The van der Waals surface area contributed by atoms with Crippen LogP contribution in [0.25, 0.3) is 10.6 Å². The molecule has 1 unspecified atom stereocenters. The predicted octanol–water partition coefficient (Wildman–Crippen LogP) is 4.17. The summed E-state index contributed by atoms with van der Waals surface area (Å²) in [5, 5.41) is 1.02. The minimum atomic E-state index is 0.0369. The summed E-state index contributed by atoms with van der Waals surface area (Å²) >= 11 is 1.67. The molecule has 0 bridgehead atoms. The maximum atomic E-state index is 5.95. The lowest BCUT2D eigenvalue weighted by Crippen LogP contribution is -2.04. The first-order valence-electron chi connectivity index (χ1n) is 6.93. The third kappa shape index (κ3) is 3.58. The number of aryl methyl sites for hydroxylation is 1. The van der Waals surface area contributed by atoms with Gasteiger partial charge < -0.3 is 10.5 Å². The van der Waals surface area contributed by atoms with E-state index in [1.54, 1.807) is 11.3 Å². The molecule has 2 rings (SSSR count). The van der Waals surface area contributed by atoms with Crippen molar-refractivity contribution in [1.82, 2.24) is 4.98 Å². The second-order valence-electron chi connectivity index (χ2n) is 5.49. The van der Waals surface area contributed by atoms with Gasteiger partial charge in [0.2, 0.25) is 0 Å². The maximum Gasteiger partial charge on any atom is 0.123 e. The molecule has 1 aromatic heterocycles. The zero-order chi connectivity index (χ0) is 14.7. The molecule has 1 aromatic carbocycles. The van der Waals surface area contributed by atoms with Gasteiger partial charge in [-0.15, -0.1) is 11.3 Å². The van der Waals surface area contributed by atoms with Gasteiger partial charge in [-0.2, -0.15) is 0 Å². The molecule has 2 N–H and O–H groups in total. The zero-order valence-corrected chi connectivity index (χ0v) is 13.3. The average molecular weight is 290 g/mol. The molecule has 20 heavy (non-hydrogen) atoms. The Balaban J connectivity index is 2.15. The largest absolute Gasteiger partial charge is 0.493 e. The first-order chi connectivity index (χ1) is 9.47. The second kappa shape index (κ2) is 6.37. The van der Waals surface area contributed by atoms with E-state index in [0.29, 0.717) is 5.92 Å². The number of thiazole rings is 1. The Morgan fingerprint density at radius 1 is 1.20 bits per heavy atom. The van der Waals surface area contributed by atoms with Crippen molar-refractivity contribution in [1.29, 1.82) is 0 Å². The average Bonchev–Trinajstić information content (AvgIpc) is 2.79. The van der Waals surface area contributed by atoms with Crippen molar-refractivity contribution in [3.8, 4) is 16.3 Å². The van der Waals surface area contributed by atoms with Gasteiger partial charge in [0.25, 0.3) is 0 Å². The standard InChI is InChI=1S/C16H22N2OS/c1-10(2)9-19-14-7-5-13(6-8-14)16-18-12(4)15(20-16)11(3)17/h5-8,10-11H,9,17H2,1-4H3. The zero-order valence-electron chi connectivity index (χ0n) is 12.5. The van der Waals surface area contributed by atoms with Crippen LogP contribution >= 0.6 is 11.3 Å². The van der Waals surface area contributed by atoms with Crippen LogP contribution < -0.4 is 10.5 Å². The first-order valence-corrected chi connectivity index (χ1v) is 7.75. The van der Waals surface area contributed by atoms with Crippen molar-refractivity contribution < 1.29 is 4.74 Å². The third-order valence-corrected chi connectivity index (χ3v) is 4.34. The van der Waals surface area contributed by atoms with Gasteiger partial charge in [-0.25, -0.2) is 4.98 Å². The Labute approximate surface area is 124 Å². The molecular weight excluding hydrogens is 268 g/mol. The monoisotopic (exact) mass is 290 g/mol. The fourth-order valence-electron chi connectivity index (χ4n) is 1.91. The maximum absolute atomic E-state index is 5.95. The van der Waals surface area contributed by atoms with Crippen molar-refractivity contribution in [2.75, 3.05) is 6.61 Å². The number of rotatable bonds is 5. The molecule has 3 nitrogen and oxygen atoms in total. The van der Waals surface area contributed by atoms with Crippen molar-refractivity contribution in [2.45, 2.75) is 33.7 Å². The molecule has 0 spiro atoms. The van der Waals surface area contributed by atoms with Crippen LogP contribution in [0.15, 0.2) is 24.3 Å². The van der Waals surface area contributed by atoms with Crippen LogP contribution in [0.3, 0.4) is 0 Å². The van der Waals surface area contributed by atoms with Crippen LogP contribution in [0.4, 0.5) is 0 Å². The number of nitrogens with two attached hydrogens (primary N) is 1. The number of hydrogen-bond acceptors (Lipinski definition) is 4. The van der Waals surface area contributed by atoms with Gasteiger partial charge in [0.15, 0.2) is 0 Å². The molecular formula is C16H22N2OS. The molecule has 1 heterocycles. The fourth-order valence-corrected chi connectivity index (χ4v) is 2.93. The minimum Gasteiger partial charge on any atom is -0.493 e. The third-order valence-electron chi connectivity index (χ3n) is 2.93. The molecule has 0 saturated heterocycles. The number of nitrogens with zero attached hydrogens (tertiary/aromatic N) is 1. The van der Waals surface area contributed by atoms with Crippen LogP contribution in [-0.4, -0.2) is 11.6 Å². The Hall–Kier alpha value is -1.39. The highest BCUT2D eigenvalue weighted by atomic mass is 32.1. The van der Waals surface area contributed by atoms with E-state index in [1.165, 1.54) is 0 Å². The highest BCUT2D eigenvalue weighted by Gasteiger charge is 2.12. The summed E-state index contributed by atoms with van der Waals surface area (Å²) < 4.78 is 5.69. The minimum absolute atomic E-state index is 0.0369. The first kappa shape index (κ1) is 15.0. The lowest BCUT2D eigenvalue weighted by Gasteiger charge is -2.08. The molecule has 4 heteroatoms. The summed E-state index contributed by atoms with van der Waals surface area (Å²) in [7, 11) is 0. The van der Waals surface area contributed by atoms with E-state index in [2.05, 4.69) is 31.0 Å². The summed E-state index contributed by atoms with van der Waals surface area (Å²) in [6.45, 7) is 9.03. The van der Waals surface area contributed by atoms with Gasteiger partial charge in [0.05, 0.1) is 12.3 Å². The Kier molecular flexibility index (Phi) is 4.78. The van der Waals surface area contributed by atoms with Gasteiger partial charge in [-0.3, -0.25) is 0 Å². The van der Waals surface area contributed by atoms with E-state index >= 15 is 0 Å². The van der Waals surface area contributed by atoms with Gasteiger partial charge in [0, 0.05) is 16.5 Å². The summed E-state index contributed by atoms with van der Waals surface area (Å²) in [6, 6.07) is 8.15. The van der Waals surface area contributed by atoms with E-state index in [0.717, 1.165) is 33.5 Å². The number of hydrogen-bond donors (Lipinski definition) is 1. The smallest absolute Gasteiger partial charge is 0.123 e. The molecule has 0 fully saturated rings. The molecule has 0 amide bonds. The van der Waals surface area contributed by atoms with Crippen LogP contribution in [-0.2, 0) is 0 Å². The molecule has 0 aliphatic carbocycles. The second-order valence-corrected chi connectivity index (χ2v) is 6.52. The molecule has 0 radical (unpaired) electrons. The quantitative estimate of drug-likeness (QED) is 0.899. The van der Waals surface area contributed by atoms with Crippen LogP contribution in [0, 0.1) is 12.8 Å². The van der Waals surface area contributed by atoms with Gasteiger partial charge in [-0.1, -0.05) is 13.8 Å². The summed E-state index contributed by atoms with van der Waals surface area (Å²) in [6.07, 6.45) is 0. The van der Waals surface area contributed by atoms with E-state index < -0.39 is 0 Å². The SMILES string of the molecule is Cc1nc(-c2ccc(OCC(C)C)cc2)sc1C(C)N. The topological polar surface area (TPSA) is 48.1 Å². The molecule has 2 aromatic rings. The lowest BCUT2D eigenvalue weighted by molar-refractivity contribution is 0.271. The van der Waals surface area contributed by atoms with E-state index in [9.17, 15) is 0 Å². The Morgan fingerprint density at radius 3 is 2.35 bits per heavy atom. The molecule has 1 atom stereocenters. The summed E-state index contributed by atoms with van der Waals surface area (Å²) in [5.41, 5.74) is 8.09. The number of benzene rings is 1. The van der Waals surface area contributed by atoms with E-state index in [-0.39, 0.29) is 6.04 Å². The number of ether oxygens (including phenoxy) is 1. The van der Waals surface area contributed by atoms with Gasteiger partial charge >= 0.3 is 0 Å². The normalized spacial score (nSPS) is 12.7. The molecule has 0 saturated carbocycles. The summed E-state index contributed by atoms with van der Waals surface area (Å²) in [5.74, 6) is 1.44. The van der Waals surface area contributed by atoms with Crippen molar-refractivity contribution >= 4 is 11.3 Å². The van der Waals surface area contributed by atoms with E-state index in [1.807, 2.05) is 26.0 Å². The van der Waals surface area contributed by atoms with Crippen molar-refractivity contribution in [2.24, 2.45) is 11.7 Å². The van der Waals surface area contributed by atoms with Gasteiger partial charge in [-0.05, 0) is 44.0 Å². The lowest BCUT2D eigenvalue weighted by atomic mass is 10.2. The predicted molar refractivity (Wildman–Crippen MR) is 85.2 cm³/mol. The van der Waals surface area contributed by atoms with Gasteiger partial charge in [0.1, 0.15) is 10.8 Å². The highest BCUT2D eigenvalue weighted by molar-refractivity contribution is 7.15. The van der Waals surface area contributed by atoms with Crippen molar-refractivity contribution in [3.63, 3.8) is 0 Å². The summed E-state index contributed by atoms with van der Waals surface area (Å²) in [4.78, 5) is 5.76. The molecule has 0 aliphatic rings. The van der Waals surface area contributed by atoms with Crippen LogP contribution in [0.5, 0.6) is 5.75 Å².